The Kier molecular flexibility index (Phi) is 7.27. The molecule has 0 unspecified atom stereocenters. The predicted octanol–water partition coefficient (Wildman–Crippen LogP) is 2.49. The second-order valence-electron chi connectivity index (χ2n) is 2.46. The van der Waals surface area contributed by atoms with Gasteiger partial charge in [0.25, 0.3) is 0 Å². The number of hydrogen-bond donors (Lipinski definition) is 0. The Morgan fingerprint density at radius 1 is 1.14 bits per heavy atom. The summed E-state index contributed by atoms with van der Waals surface area (Å²) in [5.41, 5.74) is 0. The molecule has 0 saturated carbocycles. The fraction of sp³-hybridized carbons (Fsp3) is 1.00. The van der Waals surface area contributed by atoms with Crippen LogP contribution >= 0.6 is 7.99 Å². The first-order valence-electron chi connectivity index (χ1n) is 4.32. The molecule has 0 aromatic carbocycles. The van der Waals surface area contributed by atoms with Crippen molar-refractivity contribution in [2.45, 2.75) is 20.0 Å². The first kappa shape index (κ1) is 14.0. The molecule has 0 aromatic heterocycles. The molecule has 14 heavy (non-hydrogen) atoms. The molecule has 86 valence electrons. The molecule has 0 fully saturated rings. The maximum Gasteiger partial charge on any atom is 0.552 e. The molecule has 0 aromatic rings. The third-order valence-electron chi connectivity index (χ3n) is 1.29. The van der Waals surface area contributed by atoms with E-state index in [1.165, 1.54) is 0 Å². The number of hydrogen-bond acceptors (Lipinski definition) is 4. The lowest BCUT2D eigenvalue weighted by Gasteiger charge is -2.15. The Labute approximate surface area is 82.2 Å². The van der Waals surface area contributed by atoms with Gasteiger partial charge in [-0.05, 0) is 13.8 Å². The van der Waals surface area contributed by atoms with E-state index in [0.717, 1.165) is 0 Å². The van der Waals surface area contributed by atoms with E-state index < -0.39 is 14.1 Å². The maximum absolute atomic E-state index is 12.0. The summed E-state index contributed by atoms with van der Waals surface area (Å²) in [4.78, 5) is 0. The minimum atomic E-state index is -5.46. The molecule has 0 heterocycles. The van der Waals surface area contributed by atoms with E-state index in [-0.39, 0.29) is 13.2 Å². The van der Waals surface area contributed by atoms with Gasteiger partial charge in [0, 0.05) is 13.2 Å². The van der Waals surface area contributed by atoms with Gasteiger partial charge in [0.2, 0.25) is 0 Å². The second kappa shape index (κ2) is 7.29. The first-order valence-corrected chi connectivity index (χ1v) is 5.73. The lowest BCUT2D eigenvalue weighted by atomic mass is 10.4. The van der Waals surface area contributed by atoms with E-state index in [4.69, 9.17) is 9.47 Å². The summed E-state index contributed by atoms with van der Waals surface area (Å²) in [6.07, 6.45) is -0.976. The molecule has 0 aliphatic heterocycles. The quantitative estimate of drug-likeness (QED) is 0.603. The molecule has 0 bridgehead atoms. The van der Waals surface area contributed by atoms with Gasteiger partial charge in [-0.25, -0.2) is 4.57 Å². The Bertz CT molecular complexity index is 177. The van der Waals surface area contributed by atoms with Crippen molar-refractivity contribution < 1.29 is 27.0 Å². The average Bonchev–Trinajstić information content (AvgIpc) is 2.07. The highest BCUT2D eigenvalue weighted by atomic mass is 31.2. The fourth-order valence-corrected chi connectivity index (χ4v) is 1.25. The Balaban J connectivity index is 3.90. The molecular weight excluding hydrogens is 217 g/mol. The van der Waals surface area contributed by atoms with Gasteiger partial charge in [-0.3, -0.25) is 4.52 Å². The van der Waals surface area contributed by atoms with Gasteiger partial charge >= 0.3 is 7.99 Å². The van der Waals surface area contributed by atoms with Crippen LogP contribution < -0.4 is 0 Å². The summed E-state index contributed by atoms with van der Waals surface area (Å²) < 4.78 is 48.0. The molecular formula is C7H15F2O4P. The zero-order chi connectivity index (χ0) is 11.0. The third-order valence-corrected chi connectivity index (χ3v) is 1.83. The van der Waals surface area contributed by atoms with E-state index >= 15 is 0 Å². The maximum atomic E-state index is 12.0. The van der Waals surface area contributed by atoms with Crippen molar-refractivity contribution >= 4 is 7.99 Å². The third kappa shape index (κ3) is 8.56. The van der Waals surface area contributed by atoms with Gasteiger partial charge in [0.15, 0.2) is 0 Å². The van der Waals surface area contributed by atoms with Crippen molar-refractivity contribution in [2.24, 2.45) is 0 Å². The molecule has 7 heteroatoms. The summed E-state index contributed by atoms with van der Waals surface area (Å²) in [5.74, 6) is 0. The topological polar surface area (TPSA) is 44.8 Å². The Morgan fingerprint density at radius 2 is 1.57 bits per heavy atom. The van der Waals surface area contributed by atoms with Crippen LogP contribution in [-0.2, 0) is 18.6 Å². The summed E-state index contributed by atoms with van der Waals surface area (Å²) >= 11 is 0. The van der Waals surface area contributed by atoms with Crippen LogP contribution in [0.1, 0.15) is 13.8 Å². The van der Waals surface area contributed by atoms with Crippen molar-refractivity contribution in [1.29, 1.82) is 0 Å². The normalized spacial score (nSPS) is 12.4. The summed E-state index contributed by atoms with van der Waals surface area (Å²) in [5, 5.41) is 0. The zero-order valence-electron chi connectivity index (χ0n) is 8.24. The number of ether oxygens (including phenoxy) is 2. The lowest BCUT2D eigenvalue weighted by Crippen LogP contribution is -2.24. The molecule has 0 N–H and O–H groups in total. The van der Waals surface area contributed by atoms with Crippen LogP contribution in [0.5, 0.6) is 0 Å². The van der Waals surface area contributed by atoms with Gasteiger partial charge in [-0.15, -0.1) is 8.39 Å². The van der Waals surface area contributed by atoms with E-state index in [2.05, 4.69) is 4.52 Å². The van der Waals surface area contributed by atoms with Crippen molar-refractivity contribution in [3.05, 3.63) is 0 Å². The van der Waals surface area contributed by atoms with Crippen LogP contribution in [0, 0.1) is 0 Å². The summed E-state index contributed by atoms with van der Waals surface area (Å²) in [6.45, 7) is 4.12. The monoisotopic (exact) mass is 232 g/mol. The van der Waals surface area contributed by atoms with E-state index in [0.29, 0.717) is 13.2 Å². The largest absolute Gasteiger partial charge is 0.552 e. The Hall–Kier alpha value is -0.0300. The molecule has 4 nitrogen and oxygen atoms in total. The standard InChI is InChI=1S/C7H15F2O4P/c1-3-11-5-7(6-12-4-2)13-14(8,9)10/h7H,3-6H2,1-2H3. The molecule has 0 spiro atoms. The van der Waals surface area contributed by atoms with Gasteiger partial charge in [-0.1, -0.05) is 0 Å². The van der Waals surface area contributed by atoms with Crippen LogP contribution in [-0.4, -0.2) is 32.5 Å². The molecule has 0 amide bonds. The van der Waals surface area contributed by atoms with Crippen LogP contribution in [0.4, 0.5) is 8.39 Å². The SMILES string of the molecule is CCOCC(COCC)OP(=O)(F)F. The molecule has 0 aliphatic rings. The molecule has 0 atom stereocenters. The second-order valence-corrected chi connectivity index (χ2v) is 3.50. The average molecular weight is 232 g/mol. The van der Waals surface area contributed by atoms with Crippen LogP contribution in [0.2, 0.25) is 0 Å². The minimum absolute atomic E-state index is 0.0473. The van der Waals surface area contributed by atoms with Gasteiger partial charge in [0.1, 0.15) is 6.10 Å². The smallest absolute Gasteiger partial charge is 0.379 e. The predicted molar refractivity (Wildman–Crippen MR) is 47.7 cm³/mol. The van der Waals surface area contributed by atoms with Crippen LogP contribution in [0.25, 0.3) is 0 Å². The lowest BCUT2D eigenvalue weighted by molar-refractivity contribution is -0.00611. The van der Waals surface area contributed by atoms with Gasteiger partial charge in [-0.2, -0.15) is 0 Å². The fourth-order valence-electron chi connectivity index (χ4n) is 0.781. The molecule has 0 aliphatic carbocycles. The van der Waals surface area contributed by atoms with E-state index in [1.807, 2.05) is 0 Å². The van der Waals surface area contributed by atoms with Gasteiger partial charge in [0.05, 0.1) is 13.2 Å². The van der Waals surface area contributed by atoms with Crippen molar-refractivity contribution in [1.82, 2.24) is 0 Å². The minimum Gasteiger partial charge on any atom is -0.379 e. The molecule has 0 radical (unpaired) electrons. The highest BCUT2D eigenvalue weighted by Crippen LogP contribution is 2.51. The number of rotatable bonds is 8. The van der Waals surface area contributed by atoms with Gasteiger partial charge < -0.3 is 9.47 Å². The van der Waals surface area contributed by atoms with Crippen LogP contribution in [0.3, 0.4) is 0 Å². The number of halogens is 2. The summed E-state index contributed by atoms with van der Waals surface area (Å²) in [6, 6.07) is 0. The molecule has 0 rings (SSSR count). The van der Waals surface area contributed by atoms with Crippen LogP contribution in [0.15, 0.2) is 0 Å². The van der Waals surface area contributed by atoms with E-state index in [1.54, 1.807) is 13.8 Å². The first-order chi connectivity index (χ1) is 6.49. The highest BCUT2D eigenvalue weighted by Gasteiger charge is 2.26. The zero-order valence-corrected chi connectivity index (χ0v) is 9.14. The molecule has 0 saturated heterocycles. The highest BCUT2D eigenvalue weighted by molar-refractivity contribution is 7.47. The summed E-state index contributed by atoms with van der Waals surface area (Å²) in [7, 11) is -5.46. The van der Waals surface area contributed by atoms with Crippen molar-refractivity contribution in [3.8, 4) is 0 Å². The van der Waals surface area contributed by atoms with E-state index in [9.17, 15) is 13.0 Å². The van der Waals surface area contributed by atoms with Crippen molar-refractivity contribution in [2.75, 3.05) is 26.4 Å². The van der Waals surface area contributed by atoms with Crippen molar-refractivity contribution in [3.63, 3.8) is 0 Å². The Morgan fingerprint density at radius 3 is 1.86 bits per heavy atom.